The van der Waals surface area contributed by atoms with E-state index in [0.717, 1.165) is 10.1 Å². The molecule has 1 aromatic carbocycles. The summed E-state index contributed by atoms with van der Waals surface area (Å²) < 4.78 is 1.15. The van der Waals surface area contributed by atoms with Gasteiger partial charge in [0.2, 0.25) is 0 Å². The number of hydrogen-bond donors (Lipinski definition) is 2. The minimum atomic E-state index is -0.412. The first-order chi connectivity index (χ1) is 8.00. The SMILES string of the molecule is Cc1cccc2[nH]c(=O)n(CC(C)N)c(=O)c12. The number of aromatic amines is 1. The van der Waals surface area contributed by atoms with Crippen LogP contribution in [0.15, 0.2) is 27.8 Å². The number of H-pyrrole nitrogens is 1. The van der Waals surface area contributed by atoms with Crippen molar-refractivity contribution in [1.82, 2.24) is 9.55 Å². The zero-order chi connectivity index (χ0) is 12.6. The number of aromatic nitrogens is 2. The van der Waals surface area contributed by atoms with Gasteiger partial charge in [0, 0.05) is 12.6 Å². The maximum absolute atomic E-state index is 12.2. The predicted octanol–water partition coefficient (Wildman–Crippen LogP) is 0.345. The number of rotatable bonds is 2. The molecule has 1 atom stereocenters. The van der Waals surface area contributed by atoms with Gasteiger partial charge in [0.15, 0.2) is 0 Å². The number of nitrogens with one attached hydrogen (secondary N) is 1. The molecular formula is C12H15N3O2. The van der Waals surface area contributed by atoms with E-state index in [1.165, 1.54) is 0 Å². The van der Waals surface area contributed by atoms with E-state index in [2.05, 4.69) is 4.98 Å². The maximum atomic E-state index is 12.2. The van der Waals surface area contributed by atoms with Crippen molar-refractivity contribution in [2.24, 2.45) is 5.73 Å². The van der Waals surface area contributed by atoms with E-state index in [1.807, 2.05) is 19.1 Å². The number of nitrogens with zero attached hydrogens (tertiary/aromatic N) is 1. The summed E-state index contributed by atoms with van der Waals surface area (Å²) in [5.41, 5.74) is 6.36. The Hall–Kier alpha value is -1.88. The lowest BCUT2D eigenvalue weighted by Crippen LogP contribution is -2.40. The van der Waals surface area contributed by atoms with Crippen molar-refractivity contribution in [2.45, 2.75) is 26.4 Å². The van der Waals surface area contributed by atoms with Crippen molar-refractivity contribution in [1.29, 1.82) is 0 Å². The Bertz CT molecular complexity index is 667. The van der Waals surface area contributed by atoms with Crippen LogP contribution >= 0.6 is 0 Å². The van der Waals surface area contributed by atoms with Gasteiger partial charge in [-0.25, -0.2) is 4.79 Å². The quantitative estimate of drug-likeness (QED) is 0.785. The molecule has 5 heteroatoms. The molecule has 90 valence electrons. The molecule has 1 heterocycles. The summed E-state index contributed by atoms with van der Waals surface area (Å²) in [7, 11) is 0. The van der Waals surface area contributed by atoms with Gasteiger partial charge < -0.3 is 10.7 Å². The molecule has 0 aliphatic heterocycles. The molecule has 0 aliphatic carbocycles. The monoisotopic (exact) mass is 233 g/mol. The highest BCUT2D eigenvalue weighted by Gasteiger charge is 2.10. The largest absolute Gasteiger partial charge is 0.328 e. The fraction of sp³-hybridized carbons (Fsp3) is 0.333. The molecule has 2 rings (SSSR count). The molecule has 0 fully saturated rings. The molecule has 2 aromatic rings. The fourth-order valence-electron chi connectivity index (χ4n) is 1.92. The Morgan fingerprint density at radius 1 is 1.41 bits per heavy atom. The zero-order valence-electron chi connectivity index (χ0n) is 9.86. The Kier molecular flexibility index (Phi) is 2.85. The molecular weight excluding hydrogens is 218 g/mol. The summed E-state index contributed by atoms with van der Waals surface area (Å²) >= 11 is 0. The molecule has 0 bridgehead atoms. The van der Waals surface area contributed by atoms with Crippen LogP contribution in [-0.4, -0.2) is 15.6 Å². The highest BCUT2D eigenvalue weighted by molar-refractivity contribution is 5.80. The zero-order valence-corrected chi connectivity index (χ0v) is 9.86. The van der Waals surface area contributed by atoms with Crippen molar-refractivity contribution in [2.75, 3.05) is 0 Å². The van der Waals surface area contributed by atoms with Crippen LogP contribution in [0.2, 0.25) is 0 Å². The lowest BCUT2D eigenvalue weighted by atomic mass is 10.1. The molecule has 0 saturated carbocycles. The number of benzene rings is 1. The Balaban J connectivity index is 2.84. The molecule has 0 radical (unpaired) electrons. The van der Waals surface area contributed by atoms with Crippen molar-refractivity contribution in [3.05, 3.63) is 44.6 Å². The van der Waals surface area contributed by atoms with Crippen LogP contribution in [0, 0.1) is 6.92 Å². The van der Waals surface area contributed by atoms with Crippen LogP contribution in [0.4, 0.5) is 0 Å². The predicted molar refractivity (Wildman–Crippen MR) is 67.2 cm³/mol. The van der Waals surface area contributed by atoms with E-state index in [0.29, 0.717) is 10.9 Å². The van der Waals surface area contributed by atoms with E-state index < -0.39 is 5.69 Å². The summed E-state index contributed by atoms with van der Waals surface area (Å²) in [5.74, 6) is 0. The van der Waals surface area contributed by atoms with Crippen molar-refractivity contribution < 1.29 is 0 Å². The molecule has 1 aromatic heterocycles. The highest BCUT2D eigenvalue weighted by atomic mass is 16.2. The summed E-state index contributed by atoms with van der Waals surface area (Å²) in [6, 6.07) is 5.14. The Morgan fingerprint density at radius 2 is 2.12 bits per heavy atom. The van der Waals surface area contributed by atoms with Gasteiger partial charge in [-0.1, -0.05) is 12.1 Å². The lowest BCUT2D eigenvalue weighted by molar-refractivity contribution is 0.554. The van der Waals surface area contributed by atoms with Gasteiger partial charge in [-0.15, -0.1) is 0 Å². The molecule has 0 aliphatic rings. The van der Waals surface area contributed by atoms with Crippen LogP contribution < -0.4 is 17.0 Å². The lowest BCUT2D eigenvalue weighted by Gasteiger charge is -2.09. The van der Waals surface area contributed by atoms with E-state index in [4.69, 9.17) is 5.73 Å². The van der Waals surface area contributed by atoms with E-state index in [1.54, 1.807) is 13.0 Å². The third-order valence-corrected chi connectivity index (χ3v) is 2.69. The third-order valence-electron chi connectivity index (χ3n) is 2.69. The first kappa shape index (κ1) is 11.6. The van der Waals surface area contributed by atoms with Crippen molar-refractivity contribution in [3.63, 3.8) is 0 Å². The highest BCUT2D eigenvalue weighted by Crippen LogP contribution is 2.09. The molecule has 3 N–H and O–H groups in total. The molecule has 0 spiro atoms. The summed E-state index contributed by atoms with van der Waals surface area (Å²) in [6.07, 6.45) is 0. The second-order valence-corrected chi connectivity index (χ2v) is 4.32. The van der Waals surface area contributed by atoms with Crippen LogP contribution in [0.5, 0.6) is 0 Å². The molecule has 0 saturated heterocycles. The van der Waals surface area contributed by atoms with Gasteiger partial charge in [-0.3, -0.25) is 9.36 Å². The summed E-state index contributed by atoms with van der Waals surface area (Å²) in [6.45, 7) is 3.82. The third kappa shape index (κ3) is 2.01. The minimum absolute atomic E-state index is 0.221. The first-order valence-corrected chi connectivity index (χ1v) is 5.48. The van der Waals surface area contributed by atoms with Crippen LogP contribution in [0.1, 0.15) is 12.5 Å². The average molecular weight is 233 g/mol. The minimum Gasteiger partial charge on any atom is -0.326 e. The van der Waals surface area contributed by atoms with Crippen LogP contribution in [0.3, 0.4) is 0 Å². The van der Waals surface area contributed by atoms with Crippen molar-refractivity contribution >= 4 is 10.9 Å². The molecule has 17 heavy (non-hydrogen) atoms. The first-order valence-electron chi connectivity index (χ1n) is 5.48. The summed E-state index contributed by atoms with van der Waals surface area (Å²) in [4.78, 5) is 26.6. The van der Waals surface area contributed by atoms with Crippen molar-refractivity contribution in [3.8, 4) is 0 Å². The van der Waals surface area contributed by atoms with E-state index >= 15 is 0 Å². The van der Waals surface area contributed by atoms with Gasteiger partial charge in [-0.05, 0) is 25.5 Å². The smallest absolute Gasteiger partial charge is 0.326 e. The van der Waals surface area contributed by atoms with Gasteiger partial charge in [-0.2, -0.15) is 0 Å². The maximum Gasteiger partial charge on any atom is 0.328 e. The average Bonchev–Trinajstić information content (AvgIpc) is 2.23. The number of nitrogens with two attached hydrogens (primary N) is 1. The van der Waals surface area contributed by atoms with Gasteiger partial charge in [0.1, 0.15) is 0 Å². The molecule has 1 unspecified atom stereocenters. The second kappa shape index (κ2) is 4.18. The topological polar surface area (TPSA) is 80.9 Å². The van der Waals surface area contributed by atoms with Crippen LogP contribution in [0.25, 0.3) is 10.9 Å². The Labute approximate surface area is 97.9 Å². The second-order valence-electron chi connectivity index (χ2n) is 4.32. The number of hydrogen-bond acceptors (Lipinski definition) is 3. The molecule has 0 amide bonds. The fourth-order valence-corrected chi connectivity index (χ4v) is 1.92. The number of fused-ring (bicyclic) bond motifs is 1. The molecule has 5 nitrogen and oxygen atoms in total. The van der Waals surface area contributed by atoms with E-state index in [9.17, 15) is 9.59 Å². The van der Waals surface area contributed by atoms with E-state index in [-0.39, 0.29) is 18.1 Å². The Morgan fingerprint density at radius 3 is 2.76 bits per heavy atom. The van der Waals surface area contributed by atoms with Gasteiger partial charge in [0.05, 0.1) is 10.9 Å². The van der Waals surface area contributed by atoms with Gasteiger partial charge >= 0.3 is 5.69 Å². The standard InChI is InChI=1S/C12H15N3O2/c1-7-4-3-5-9-10(7)11(16)15(6-8(2)13)12(17)14-9/h3-5,8H,6,13H2,1-2H3,(H,14,17). The van der Waals surface area contributed by atoms with Crippen LogP contribution in [-0.2, 0) is 6.54 Å². The van der Waals surface area contributed by atoms with Gasteiger partial charge in [0.25, 0.3) is 5.56 Å². The summed E-state index contributed by atoms with van der Waals surface area (Å²) in [5, 5.41) is 0.549. The normalized spacial score (nSPS) is 12.9. The number of aryl methyl sites for hydroxylation is 1.